The van der Waals surface area contributed by atoms with E-state index in [-0.39, 0.29) is 11.7 Å². The van der Waals surface area contributed by atoms with Gasteiger partial charge in [0.05, 0.1) is 12.6 Å². The minimum atomic E-state index is -1.05. The Kier molecular flexibility index (Phi) is 6.58. The Bertz CT molecular complexity index is 1190. The van der Waals surface area contributed by atoms with Crippen LogP contribution in [0.4, 0.5) is 5.69 Å². The van der Waals surface area contributed by atoms with Crippen LogP contribution in [-0.4, -0.2) is 24.6 Å². The number of hydrogen-bond acceptors (Lipinski definition) is 5. The van der Waals surface area contributed by atoms with Gasteiger partial charge in [0.15, 0.2) is 0 Å². The largest absolute Gasteiger partial charge is 0.380 e. The number of rotatable bonds is 7. The van der Waals surface area contributed by atoms with Crippen LogP contribution >= 0.6 is 11.3 Å². The van der Waals surface area contributed by atoms with Crippen molar-refractivity contribution in [2.75, 3.05) is 12.0 Å². The molecule has 0 radical (unpaired) electrons. The Hall–Kier alpha value is -3.09. The van der Waals surface area contributed by atoms with Gasteiger partial charge in [0.1, 0.15) is 11.7 Å². The third-order valence-corrected chi connectivity index (χ3v) is 7.08. The lowest BCUT2D eigenvalue weighted by Gasteiger charge is -2.29. The molecule has 1 amide bonds. The van der Waals surface area contributed by atoms with Crippen LogP contribution in [0, 0.1) is 18.8 Å². The molecule has 0 N–H and O–H groups in total. The number of hydrogen-bond donors (Lipinski definition) is 0. The van der Waals surface area contributed by atoms with E-state index in [1.54, 1.807) is 32.3 Å². The third-order valence-electron chi connectivity index (χ3n) is 6.03. The van der Waals surface area contributed by atoms with Crippen LogP contribution in [0.25, 0.3) is 10.4 Å². The van der Waals surface area contributed by atoms with Crippen LogP contribution < -0.4 is 4.90 Å². The first-order chi connectivity index (χ1) is 15.8. The number of thiophene rings is 1. The number of methoxy groups -OCH3 is 1. The molecule has 4 rings (SSSR count). The quantitative estimate of drug-likeness (QED) is 0.351. The van der Waals surface area contributed by atoms with Gasteiger partial charge in [0.25, 0.3) is 5.91 Å². The molecule has 2 heterocycles. The Morgan fingerprint density at radius 1 is 1.03 bits per heavy atom. The summed E-state index contributed by atoms with van der Waals surface area (Å²) in [5.74, 6) is -2.93. The Labute approximate surface area is 198 Å². The van der Waals surface area contributed by atoms with Crippen LogP contribution in [-0.2, 0) is 25.7 Å². The van der Waals surface area contributed by atoms with Crippen LogP contribution in [0.15, 0.2) is 60.7 Å². The van der Waals surface area contributed by atoms with E-state index >= 15 is 0 Å². The number of Topliss-reactive ketones (excluding diaryl/α,β-unsaturated/α-hetero) is 2. The van der Waals surface area contributed by atoms with Gasteiger partial charge in [0.2, 0.25) is 5.78 Å². The molecular formula is C27H27NO4S. The number of nitrogens with zero attached hydrogens (tertiary/aromatic N) is 1. The van der Waals surface area contributed by atoms with Crippen molar-refractivity contribution in [1.29, 1.82) is 0 Å². The summed E-state index contributed by atoms with van der Waals surface area (Å²) < 4.78 is 5.36. The number of amides is 1. The summed E-state index contributed by atoms with van der Waals surface area (Å²) in [6.45, 7) is 5.91. The van der Waals surface area contributed by atoms with Gasteiger partial charge in [-0.3, -0.25) is 19.3 Å². The zero-order valence-electron chi connectivity index (χ0n) is 19.2. The first kappa shape index (κ1) is 23.1. The molecule has 1 unspecified atom stereocenters. The SMILES string of the molecule is COCc1ccccc1[C@@H]1C(C(=O)C(C)C)C(=O)C(=O)N1c1ccc(-c2ccc(C)s2)cc1. The molecule has 170 valence electrons. The highest BCUT2D eigenvalue weighted by Crippen LogP contribution is 2.43. The molecule has 5 nitrogen and oxygen atoms in total. The van der Waals surface area contributed by atoms with Gasteiger partial charge in [-0.05, 0) is 47.9 Å². The van der Waals surface area contributed by atoms with E-state index in [4.69, 9.17) is 4.74 Å². The molecule has 1 fully saturated rings. The maximum atomic E-state index is 13.2. The molecule has 0 aliphatic carbocycles. The summed E-state index contributed by atoms with van der Waals surface area (Å²) in [6, 6.07) is 18.6. The van der Waals surface area contributed by atoms with Gasteiger partial charge >= 0.3 is 0 Å². The summed E-state index contributed by atoms with van der Waals surface area (Å²) in [7, 11) is 1.60. The Morgan fingerprint density at radius 3 is 2.33 bits per heavy atom. The van der Waals surface area contributed by atoms with E-state index in [9.17, 15) is 14.4 Å². The topological polar surface area (TPSA) is 63.7 Å². The van der Waals surface area contributed by atoms with Gasteiger partial charge < -0.3 is 4.74 Å². The predicted molar refractivity (Wildman–Crippen MR) is 130 cm³/mol. The lowest BCUT2D eigenvalue weighted by molar-refractivity contribution is -0.139. The molecule has 0 bridgehead atoms. The van der Waals surface area contributed by atoms with Crippen molar-refractivity contribution in [2.24, 2.45) is 11.8 Å². The van der Waals surface area contributed by atoms with Crippen molar-refractivity contribution >= 4 is 34.5 Å². The van der Waals surface area contributed by atoms with Gasteiger partial charge in [0, 0.05) is 28.5 Å². The molecule has 0 spiro atoms. The van der Waals surface area contributed by atoms with E-state index in [0.29, 0.717) is 12.3 Å². The second kappa shape index (κ2) is 9.41. The summed E-state index contributed by atoms with van der Waals surface area (Å²) in [4.78, 5) is 43.4. The zero-order valence-corrected chi connectivity index (χ0v) is 20.0. The second-order valence-electron chi connectivity index (χ2n) is 8.61. The molecule has 2 aromatic carbocycles. The van der Waals surface area contributed by atoms with Crippen molar-refractivity contribution in [3.05, 3.63) is 76.7 Å². The van der Waals surface area contributed by atoms with Crippen molar-refractivity contribution in [2.45, 2.75) is 33.4 Å². The standard InChI is InChI=1S/C27H27NO4S/c1-16(2)25(29)23-24(21-8-6-5-7-19(21)15-32-4)28(27(31)26(23)30)20-12-10-18(11-13-20)22-14-9-17(3)33-22/h5-14,16,23-24H,15H2,1-4H3/t23?,24-/m1/s1. The number of benzene rings is 2. The van der Waals surface area contributed by atoms with E-state index in [1.807, 2.05) is 48.5 Å². The molecule has 0 saturated carbocycles. The average Bonchev–Trinajstić information content (AvgIpc) is 3.35. The van der Waals surface area contributed by atoms with Crippen LogP contribution in [0.3, 0.4) is 0 Å². The first-order valence-electron chi connectivity index (χ1n) is 11.0. The summed E-state index contributed by atoms with van der Waals surface area (Å²) in [5.41, 5.74) is 3.25. The molecular weight excluding hydrogens is 434 g/mol. The molecule has 1 aromatic heterocycles. The Morgan fingerprint density at radius 2 is 1.73 bits per heavy atom. The highest BCUT2D eigenvalue weighted by molar-refractivity contribution is 7.15. The van der Waals surface area contributed by atoms with Gasteiger partial charge in [-0.1, -0.05) is 50.2 Å². The fourth-order valence-electron chi connectivity index (χ4n) is 4.40. The maximum Gasteiger partial charge on any atom is 0.295 e. The molecule has 1 aliphatic heterocycles. The molecule has 3 aromatic rings. The summed E-state index contributed by atoms with van der Waals surface area (Å²) >= 11 is 1.70. The van der Waals surface area contributed by atoms with Crippen LogP contribution in [0.2, 0.25) is 0 Å². The smallest absolute Gasteiger partial charge is 0.295 e. The molecule has 6 heteroatoms. The molecule has 1 aliphatic rings. The minimum absolute atomic E-state index is 0.223. The summed E-state index contributed by atoms with van der Waals surface area (Å²) in [5, 5.41) is 0. The first-order valence-corrected chi connectivity index (χ1v) is 11.8. The predicted octanol–water partition coefficient (Wildman–Crippen LogP) is 5.37. The molecule has 33 heavy (non-hydrogen) atoms. The van der Waals surface area contributed by atoms with Crippen LogP contribution in [0.1, 0.15) is 35.9 Å². The fourth-order valence-corrected chi connectivity index (χ4v) is 5.27. The number of carbonyl (C=O) groups is 3. The lowest BCUT2D eigenvalue weighted by Crippen LogP contribution is -2.32. The highest BCUT2D eigenvalue weighted by atomic mass is 32.1. The van der Waals surface area contributed by atoms with Crippen molar-refractivity contribution in [1.82, 2.24) is 0 Å². The maximum absolute atomic E-state index is 13.2. The van der Waals surface area contributed by atoms with E-state index in [2.05, 4.69) is 19.1 Å². The Balaban J connectivity index is 1.82. The van der Waals surface area contributed by atoms with E-state index < -0.39 is 23.7 Å². The number of ether oxygens (including phenoxy) is 1. The molecule has 1 saturated heterocycles. The van der Waals surface area contributed by atoms with Gasteiger partial charge in [-0.15, -0.1) is 11.3 Å². The highest BCUT2D eigenvalue weighted by Gasteiger charge is 2.52. The molecule has 2 atom stereocenters. The van der Waals surface area contributed by atoms with Crippen LogP contribution in [0.5, 0.6) is 0 Å². The zero-order chi connectivity index (χ0) is 23.7. The monoisotopic (exact) mass is 461 g/mol. The van der Waals surface area contributed by atoms with Crippen molar-refractivity contribution in [3.8, 4) is 10.4 Å². The summed E-state index contributed by atoms with van der Waals surface area (Å²) in [6.07, 6.45) is 0. The van der Waals surface area contributed by atoms with E-state index in [0.717, 1.165) is 21.6 Å². The fraction of sp³-hybridized carbons (Fsp3) is 0.296. The number of aryl methyl sites for hydroxylation is 1. The lowest BCUT2D eigenvalue weighted by atomic mass is 9.83. The number of carbonyl (C=O) groups excluding carboxylic acids is 3. The average molecular weight is 462 g/mol. The van der Waals surface area contributed by atoms with Gasteiger partial charge in [-0.2, -0.15) is 0 Å². The number of anilines is 1. The van der Waals surface area contributed by atoms with E-state index in [1.165, 1.54) is 9.78 Å². The second-order valence-corrected chi connectivity index (χ2v) is 9.90. The van der Waals surface area contributed by atoms with Crippen molar-refractivity contribution in [3.63, 3.8) is 0 Å². The third kappa shape index (κ3) is 4.28. The normalized spacial score (nSPS) is 18.4. The number of ketones is 2. The van der Waals surface area contributed by atoms with Crippen molar-refractivity contribution < 1.29 is 19.1 Å². The minimum Gasteiger partial charge on any atom is -0.380 e. The van der Waals surface area contributed by atoms with Gasteiger partial charge in [-0.25, -0.2) is 0 Å².